The van der Waals surface area contributed by atoms with E-state index in [1.54, 1.807) is 42.1 Å². The first-order valence-electron chi connectivity index (χ1n) is 9.25. The number of carbonyl (C=O) groups is 1. The first kappa shape index (κ1) is 19.3. The fourth-order valence-electron chi connectivity index (χ4n) is 4.08. The molecular weight excluding hydrogens is 394 g/mol. The van der Waals surface area contributed by atoms with Crippen molar-refractivity contribution < 1.29 is 13.2 Å². The number of nitrogens with one attached hydrogen (secondary N) is 2. The van der Waals surface area contributed by atoms with E-state index < -0.39 is 10.0 Å². The number of anilines is 1. The molecule has 0 unspecified atom stereocenters. The summed E-state index contributed by atoms with van der Waals surface area (Å²) >= 11 is 1.66. The van der Waals surface area contributed by atoms with Crippen molar-refractivity contribution in [3.05, 3.63) is 54.6 Å². The third-order valence-electron chi connectivity index (χ3n) is 5.50. The predicted molar refractivity (Wildman–Crippen MR) is 111 cm³/mol. The van der Waals surface area contributed by atoms with Gasteiger partial charge in [0.1, 0.15) is 0 Å². The Morgan fingerprint density at radius 1 is 1.07 bits per heavy atom. The Morgan fingerprint density at radius 2 is 1.79 bits per heavy atom. The van der Waals surface area contributed by atoms with E-state index in [0.717, 1.165) is 17.0 Å². The van der Waals surface area contributed by atoms with Crippen molar-refractivity contribution in [1.29, 1.82) is 0 Å². The summed E-state index contributed by atoms with van der Waals surface area (Å²) in [6.07, 6.45) is 3.49. The normalized spacial score (nSPS) is 23.8. The lowest BCUT2D eigenvalue weighted by atomic mass is 10.0. The lowest BCUT2D eigenvalue weighted by molar-refractivity contribution is 0.188. The minimum atomic E-state index is -3.53. The van der Waals surface area contributed by atoms with E-state index in [1.807, 2.05) is 35.4 Å². The minimum absolute atomic E-state index is 0.0685. The average molecular weight is 418 g/mol. The summed E-state index contributed by atoms with van der Waals surface area (Å²) in [5.41, 5.74) is 0.770. The average Bonchev–Trinajstić information content (AvgIpc) is 3.29. The zero-order chi connectivity index (χ0) is 19.7. The summed E-state index contributed by atoms with van der Waals surface area (Å²) in [6, 6.07) is 16.0. The van der Waals surface area contributed by atoms with Crippen LogP contribution in [0.25, 0.3) is 0 Å². The van der Waals surface area contributed by atoms with Gasteiger partial charge >= 0.3 is 6.03 Å². The Hall–Kier alpha value is -2.03. The van der Waals surface area contributed by atoms with Crippen LogP contribution in [0, 0.1) is 5.92 Å². The molecule has 1 aliphatic heterocycles. The van der Waals surface area contributed by atoms with Crippen molar-refractivity contribution in [3.8, 4) is 0 Å². The van der Waals surface area contributed by atoms with Crippen molar-refractivity contribution >= 4 is 33.5 Å². The molecule has 0 spiro atoms. The number of urea groups is 1. The van der Waals surface area contributed by atoms with Gasteiger partial charge in [0.15, 0.2) is 0 Å². The maximum absolute atomic E-state index is 12.6. The summed E-state index contributed by atoms with van der Waals surface area (Å²) in [4.78, 5) is 15.9. The number of likely N-dealkylation sites (tertiary alicyclic amines) is 1. The Bertz CT molecular complexity index is 948. The van der Waals surface area contributed by atoms with Crippen LogP contribution >= 0.6 is 11.8 Å². The minimum Gasteiger partial charge on any atom is -0.321 e. The van der Waals surface area contributed by atoms with Gasteiger partial charge in [-0.25, -0.2) is 17.9 Å². The van der Waals surface area contributed by atoms with Crippen LogP contribution < -0.4 is 10.0 Å². The molecule has 1 saturated heterocycles. The number of hydrogen-bond donors (Lipinski definition) is 2. The topological polar surface area (TPSA) is 78.5 Å². The van der Waals surface area contributed by atoms with Gasteiger partial charge in [0.2, 0.25) is 10.0 Å². The molecule has 0 radical (unpaired) electrons. The molecule has 2 N–H and O–H groups in total. The van der Waals surface area contributed by atoms with Gasteiger partial charge in [-0.1, -0.05) is 18.2 Å². The van der Waals surface area contributed by atoms with E-state index >= 15 is 0 Å². The number of benzene rings is 2. The first-order chi connectivity index (χ1) is 13.5. The van der Waals surface area contributed by atoms with Gasteiger partial charge in [-0.05, 0) is 61.4 Å². The third kappa shape index (κ3) is 3.90. The maximum Gasteiger partial charge on any atom is 0.322 e. The zero-order valence-electron chi connectivity index (χ0n) is 15.5. The molecule has 2 aliphatic rings. The Kier molecular flexibility index (Phi) is 5.35. The third-order valence-corrected chi connectivity index (χ3v) is 7.75. The summed E-state index contributed by atoms with van der Waals surface area (Å²) in [5.74, 6) is 0.146. The number of amides is 2. The molecule has 2 aromatic rings. The van der Waals surface area contributed by atoms with Crippen molar-refractivity contribution in [2.45, 2.75) is 34.7 Å². The molecule has 1 heterocycles. The quantitative estimate of drug-likeness (QED) is 0.731. The number of nitrogens with zero attached hydrogens (tertiary/aromatic N) is 1. The molecule has 2 amide bonds. The van der Waals surface area contributed by atoms with Gasteiger partial charge in [0, 0.05) is 29.2 Å². The van der Waals surface area contributed by atoms with Crippen molar-refractivity contribution in [2.24, 2.45) is 5.92 Å². The Labute approximate surface area is 169 Å². The molecule has 2 fully saturated rings. The molecule has 4 rings (SSSR count). The number of carbonyl (C=O) groups excluding carboxylic acids is 1. The smallest absolute Gasteiger partial charge is 0.321 e. The monoisotopic (exact) mass is 417 g/mol. The van der Waals surface area contributed by atoms with Crippen LogP contribution in [0.5, 0.6) is 0 Å². The SMILES string of the molecule is CSc1ccc(NC(=O)N2C[C@@H]3C[C@H]2C[C@@H]3NS(=O)(=O)c2ccccc2)cc1. The van der Waals surface area contributed by atoms with Gasteiger partial charge in [-0.15, -0.1) is 11.8 Å². The van der Waals surface area contributed by atoms with Gasteiger partial charge in [0.05, 0.1) is 4.90 Å². The van der Waals surface area contributed by atoms with Gasteiger partial charge < -0.3 is 10.2 Å². The number of fused-ring (bicyclic) bond motifs is 2. The van der Waals surface area contributed by atoms with E-state index in [0.29, 0.717) is 13.0 Å². The van der Waals surface area contributed by atoms with Gasteiger partial charge in [-0.3, -0.25) is 0 Å². The molecule has 8 heteroatoms. The van der Waals surface area contributed by atoms with Crippen molar-refractivity contribution in [3.63, 3.8) is 0 Å². The van der Waals surface area contributed by atoms with Crippen LogP contribution in [-0.4, -0.2) is 44.2 Å². The summed E-state index contributed by atoms with van der Waals surface area (Å²) < 4.78 is 28.0. The first-order valence-corrected chi connectivity index (χ1v) is 12.0. The second-order valence-electron chi connectivity index (χ2n) is 7.24. The molecular formula is C20H23N3O3S2. The lowest BCUT2D eigenvalue weighted by Gasteiger charge is -2.31. The highest BCUT2D eigenvalue weighted by atomic mass is 32.2. The highest BCUT2D eigenvalue weighted by Crippen LogP contribution is 2.38. The number of piperidine rings is 1. The molecule has 6 nitrogen and oxygen atoms in total. The molecule has 2 aromatic carbocycles. The van der Waals surface area contributed by atoms with E-state index in [2.05, 4.69) is 10.0 Å². The zero-order valence-corrected chi connectivity index (χ0v) is 17.2. The van der Waals surface area contributed by atoms with Crippen molar-refractivity contribution in [1.82, 2.24) is 9.62 Å². The van der Waals surface area contributed by atoms with Crippen LogP contribution in [0.4, 0.5) is 10.5 Å². The summed E-state index contributed by atoms with van der Waals surface area (Å²) in [6.45, 7) is 0.571. The van der Waals surface area contributed by atoms with Crippen LogP contribution in [0.3, 0.4) is 0 Å². The highest BCUT2D eigenvalue weighted by Gasteiger charge is 2.47. The standard InChI is InChI=1S/C20H23N3O3S2/c1-27-17-9-7-15(8-10-17)21-20(24)23-13-14-11-16(23)12-19(14)22-28(25,26)18-5-3-2-4-6-18/h2-10,14,16,19,22H,11-13H2,1H3,(H,21,24)/t14-,16-,19-/m0/s1. The van der Waals surface area contributed by atoms with E-state index in [-0.39, 0.29) is 28.9 Å². The van der Waals surface area contributed by atoms with Crippen molar-refractivity contribution in [2.75, 3.05) is 18.1 Å². The molecule has 28 heavy (non-hydrogen) atoms. The van der Waals surface area contributed by atoms with E-state index in [9.17, 15) is 13.2 Å². The van der Waals surface area contributed by atoms with E-state index in [4.69, 9.17) is 0 Å². The lowest BCUT2D eigenvalue weighted by Crippen LogP contribution is -2.48. The van der Waals surface area contributed by atoms with Crippen LogP contribution in [0.2, 0.25) is 0 Å². The predicted octanol–water partition coefficient (Wildman–Crippen LogP) is 3.38. The molecule has 0 aromatic heterocycles. The second-order valence-corrected chi connectivity index (χ2v) is 9.83. The van der Waals surface area contributed by atoms with Crippen LogP contribution in [-0.2, 0) is 10.0 Å². The fraction of sp³-hybridized carbons (Fsp3) is 0.350. The number of sulfonamides is 1. The van der Waals surface area contributed by atoms with Gasteiger partial charge in [0.25, 0.3) is 0 Å². The van der Waals surface area contributed by atoms with Crippen LogP contribution in [0.1, 0.15) is 12.8 Å². The fourth-order valence-corrected chi connectivity index (χ4v) is 5.83. The van der Waals surface area contributed by atoms with Gasteiger partial charge in [-0.2, -0.15) is 0 Å². The van der Waals surface area contributed by atoms with Crippen LogP contribution in [0.15, 0.2) is 64.4 Å². The molecule has 2 bridgehead atoms. The van der Waals surface area contributed by atoms with E-state index in [1.165, 1.54) is 0 Å². The number of thioether (sulfide) groups is 1. The summed E-state index contributed by atoms with van der Waals surface area (Å²) in [5, 5.41) is 2.95. The molecule has 3 atom stereocenters. The highest BCUT2D eigenvalue weighted by molar-refractivity contribution is 7.98. The number of hydrogen-bond acceptors (Lipinski definition) is 4. The second kappa shape index (κ2) is 7.77. The number of rotatable bonds is 5. The Balaban J connectivity index is 1.36. The Morgan fingerprint density at radius 3 is 2.39 bits per heavy atom. The summed E-state index contributed by atoms with van der Waals surface area (Å²) in [7, 11) is -3.53. The maximum atomic E-state index is 12.6. The molecule has 148 valence electrons. The molecule has 1 saturated carbocycles. The largest absolute Gasteiger partial charge is 0.322 e. The molecule has 1 aliphatic carbocycles.